The van der Waals surface area contributed by atoms with Crippen molar-refractivity contribution in [3.63, 3.8) is 0 Å². The van der Waals surface area contributed by atoms with Crippen LogP contribution in [0.15, 0.2) is 30.3 Å². The molecule has 0 saturated carbocycles. The van der Waals surface area contributed by atoms with Crippen LogP contribution in [0, 0.1) is 0 Å². The maximum absolute atomic E-state index is 12.0. The Kier molecular flexibility index (Phi) is 17.2. The lowest BCUT2D eigenvalue weighted by Crippen LogP contribution is -2.39. The number of esters is 1. The second-order valence-corrected chi connectivity index (χ2v) is 8.69. The van der Waals surface area contributed by atoms with E-state index in [0.717, 1.165) is 18.4 Å². The smallest absolute Gasteiger partial charge is 0.408 e. The zero-order valence-corrected chi connectivity index (χ0v) is 20.4. The summed E-state index contributed by atoms with van der Waals surface area (Å²) >= 11 is 0. The molecule has 1 rings (SSSR count). The summed E-state index contributed by atoms with van der Waals surface area (Å²) in [6.07, 6.45) is 17.5. The number of nitrogens with one attached hydrogen (secondary N) is 1. The molecule has 0 heterocycles. The van der Waals surface area contributed by atoms with Gasteiger partial charge in [-0.05, 0) is 18.9 Å². The molecule has 0 fully saturated rings. The molecule has 0 saturated heterocycles. The van der Waals surface area contributed by atoms with Crippen LogP contribution in [0.4, 0.5) is 4.79 Å². The van der Waals surface area contributed by atoms with E-state index >= 15 is 0 Å². The minimum atomic E-state index is -0.718. The third-order valence-electron chi connectivity index (χ3n) is 5.64. The van der Waals surface area contributed by atoms with Crippen LogP contribution in [0.2, 0.25) is 0 Å². The summed E-state index contributed by atoms with van der Waals surface area (Å²) in [5, 5.41) is 2.52. The molecular weight excluding hydrogens is 402 g/mol. The molecule has 1 aromatic carbocycles. The minimum Gasteiger partial charge on any atom is -0.464 e. The van der Waals surface area contributed by atoms with Crippen LogP contribution >= 0.6 is 0 Å². The Hall–Kier alpha value is -2.04. The molecule has 0 unspecified atom stereocenters. The number of hydrogen-bond acceptors (Lipinski definition) is 4. The normalized spacial score (nSPS) is 11.7. The molecule has 32 heavy (non-hydrogen) atoms. The van der Waals surface area contributed by atoms with Gasteiger partial charge in [0.1, 0.15) is 12.6 Å². The van der Waals surface area contributed by atoms with Gasteiger partial charge in [0, 0.05) is 0 Å². The fourth-order valence-corrected chi connectivity index (χ4v) is 3.59. The standard InChI is InChI=1S/C27H45NO4/c1-3-4-5-6-7-8-9-10-11-12-13-14-15-19-22-31-26(29)24(2)28-27(30)32-23-25-20-17-16-18-21-25/h16-18,20-21,24H,3-15,19,22-23H2,1-2H3,(H,28,30)/t24-/m0/s1. The van der Waals surface area contributed by atoms with E-state index in [0.29, 0.717) is 6.61 Å². The summed E-state index contributed by atoms with van der Waals surface area (Å²) in [4.78, 5) is 23.8. The lowest BCUT2D eigenvalue weighted by atomic mass is 10.0. The number of alkyl carbamates (subject to hydrolysis) is 1. The topological polar surface area (TPSA) is 64.6 Å². The Morgan fingerprint density at radius 2 is 1.25 bits per heavy atom. The van der Waals surface area contributed by atoms with Gasteiger partial charge in [0.25, 0.3) is 0 Å². The van der Waals surface area contributed by atoms with Gasteiger partial charge in [0.15, 0.2) is 0 Å². The van der Waals surface area contributed by atoms with E-state index in [1.54, 1.807) is 6.92 Å². The van der Waals surface area contributed by atoms with Crippen LogP contribution in [0.5, 0.6) is 0 Å². The molecule has 1 atom stereocenters. The molecule has 0 aromatic heterocycles. The summed E-state index contributed by atoms with van der Waals surface area (Å²) < 4.78 is 10.4. The maximum Gasteiger partial charge on any atom is 0.408 e. The molecule has 0 radical (unpaired) electrons. The van der Waals surface area contributed by atoms with Crippen molar-refractivity contribution in [3.8, 4) is 0 Å². The number of hydrogen-bond donors (Lipinski definition) is 1. The lowest BCUT2D eigenvalue weighted by molar-refractivity contribution is -0.145. The molecule has 5 heteroatoms. The molecular formula is C27H45NO4. The van der Waals surface area contributed by atoms with Gasteiger partial charge in [-0.25, -0.2) is 9.59 Å². The molecule has 1 amide bonds. The van der Waals surface area contributed by atoms with E-state index in [4.69, 9.17) is 9.47 Å². The van der Waals surface area contributed by atoms with Crippen molar-refractivity contribution >= 4 is 12.1 Å². The summed E-state index contributed by atoms with van der Waals surface area (Å²) in [5.41, 5.74) is 0.899. The van der Waals surface area contributed by atoms with Gasteiger partial charge in [0.05, 0.1) is 6.61 Å². The maximum atomic E-state index is 12.0. The first kappa shape index (κ1) is 28.0. The van der Waals surface area contributed by atoms with Gasteiger partial charge in [0.2, 0.25) is 0 Å². The highest BCUT2D eigenvalue weighted by molar-refractivity contribution is 5.80. The second kappa shape index (κ2) is 19.6. The fraction of sp³-hybridized carbons (Fsp3) is 0.704. The summed E-state index contributed by atoms with van der Waals surface area (Å²) in [6, 6.07) is 8.70. The van der Waals surface area contributed by atoms with Crippen molar-refractivity contribution in [1.82, 2.24) is 5.32 Å². The SMILES string of the molecule is CCCCCCCCCCCCCCCCOC(=O)[C@H](C)NC(=O)OCc1ccccc1. The van der Waals surface area contributed by atoms with E-state index in [-0.39, 0.29) is 6.61 Å². The molecule has 5 nitrogen and oxygen atoms in total. The first-order chi connectivity index (χ1) is 15.6. The molecule has 182 valence electrons. The molecule has 1 aromatic rings. The van der Waals surface area contributed by atoms with Crippen molar-refractivity contribution in [2.24, 2.45) is 0 Å². The van der Waals surface area contributed by atoms with Gasteiger partial charge in [-0.3, -0.25) is 0 Å². The molecule has 0 aliphatic heterocycles. The minimum absolute atomic E-state index is 0.174. The van der Waals surface area contributed by atoms with Crippen molar-refractivity contribution in [3.05, 3.63) is 35.9 Å². The highest BCUT2D eigenvalue weighted by atomic mass is 16.6. The number of ether oxygens (including phenoxy) is 2. The van der Waals surface area contributed by atoms with E-state index < -0.39 is 18.1 Å². The van der Waals surface area contributed by atoms with Crippen LogP contribution in [0.25, 0.3) is 0 Å². The Bertz CT molecular complexity index is 591. The van der Waals surface area contributed by atoms with Gasteiger partial charge in [-0.2, -0.15) is 0 Å². The molecule has 0 spiro atoms. The predicted molar refractivity (Wildman–Crippen MR) is 130 cm³/mol. The zero-order valence-electron chi connectivity index (χ0n) is 20.4. The highest BCUT2D eigenvalue weighted by Crippen LogP contribution is 2.13. The lowest BCUT2D eigenvalue weighted by Gasteiger charge is -2.13. The van der Waals surface area contributed by atoms with Crippen molar-refractivity contribution < 1.29 is 19.1 Å². The van der Waals surface area contributed by atoms with Crippen LogP contribution < -0.4 is 5.32 Å². The van der Waals surface area contributed by atoms with Crippen LogP contribution in [0.3, 0.4) is 0 Å². The average Bonchev–Trinajstić information content (AvgIpc) is 2.80. The Morgan fingerprint density at radius 3 is 1.78 bits per heavy atom. The van der Waals surface area contributed by atoms with Crippen LogP contribution in [-0.4, -0.2) is 24.7 Å². The van der Waals surface area contributed by atoms with E-state index in [9.17, 15) is 9.59 Å². The third-order valence-corrected chi connectivity index (χ3v) is 5.64. The number of carbonyl (C=O) groups excluding carboxylic acids is 2. The van der Waals surface area contributed by atoms with Gasteiger partial charge in [-0.15, -0.1) is 0 Å². The number of benzene rings is 1. The Balaban J connectivity index is 1.89. The quantitative estimate of drug-likeness (QED) is 0.178. The summed E-state index contributed by atoms with van der Waals surface area (Å²) in [6.45, 7) is 4.45. The van der Waals surface area contributed by atoms with Crippen molar-refractivity contribution in [2.75, 3.05) is 6.61 Å². The third kappa shape index (κ3) is 15.7. The van der Waals surface area contributed by atoms with E-state index in [2.05, 4.69) is 12.2 Å². The molecule has 0 aliphatic carbocycles. The number of unbranched alkanes of at least 4 members (excludes halogenated alkanes) is 13. The second-order valence-electron chi connectivity index (χ2n) is 8.69. The molecule has 0 bridgehead atoms. The van der Waals surface area contributed by atoms with Crippen molar-refractivity contribution in [1.29, 1.82) is 0 Å². The van der Waals surface area contributed by atoms with Gasteiger partial charge in [-0.1, -0.05) is 121 Å². The Morgan fingerprint density at radius 1 is 0.750 bits per heavy atom. The molecule has 0 aliphatic rings. The summed E-state index contributed by atoms with van der Waals surface area (Å²) in [5.74, 6) is -0.420. The number of amides is 1. The predicted octanol–water partition coefficient (Wildman–Crippen LogP) is 7.33. The van der Waals surface area contributed by atoms with E-state index in [1.165, 1.54) is 77.0 Å². The Labute approximate surface area is 195 Å². The average molecular weight is 448 g/mol. The highest BCUT2D eigenvalue weighted by Gasteiger charge is 2.17. The van der Waals surface area contributed by atoms with Gasteiger partial charge < -0.3 is 14.8 Å². The monoisotopic (exact) mass is 447 g/mol. The molecule has 1 N–H and O–H groups in total. The van der Waals surface area contributed by atoms with Gasteiger partial charge >= 0.3 is 12.1 Å². The number of carbonyl (C=O) groups is 2. The van der Waals surface area contributed by atoms with E-state index in [1.807, 2.05) is 30.3 Å². The first-order valence-corrected chi connectivity index (χ1v) is 12.8. The van der Waals surface area contributed by atoms with Crippen LogP contribution in [-0.2, 0) is 20.9 Å². The largest absolute Gasteiger partial charge is 0.464 e. The first-order valence-electron chi connectivity index (χ1n) is 12.8. The van der Waals surface area contributed by atoms with Crippen molar-refractivity contribution in [2.45, 2.75) is 116 Å². The fourth-order valence-electron chi connectivity index (χ4n) is 3.59. The zero-order chi connectivity index (χ0) is 23.3. The van der Waals surface area contributed by atoms with Crippen LogP contribution in [0.1, 0.15) is 109 Å². The summed E-state index contributed by atoms with van der Waals surface area (Å²) in [7, 11) is 0. The number of rotatable bonds is 19.